The molecular weight excluding hydrogens is 279 g/mol. The molecule has 1 aliphatic rings. The molecule has 2 amide bonds. The molecule has 0 radical (unpaired) electrons. The first kappa shape index (κ1) is 15.2. The summed E-state index contributed by atoms with van der Waals surface area (Å²) in [6, 6.07) is 3.00. The van der Waals surface area contributed by atoms with E-state index in [1.54, 1.807) is 0 Å². The molecule has 1 fully saturated rings. The molecule has 2 rings (SSSR count). The smallest absolute Gasteiger partial charge is 0.337 e. The number of benzene rings is 1. The van der Waals surface area contributed by atoms with E-state index in [0.29, 0.717) is 25.7 Å². The first-order valence-electron chi connectivity index (χ1n) is 6.72. The number of ether oxygens (including phenoxy) is 1. The van der Waals surface area contributed by atoms with Crippen LogP contribution < -0.4 is 10.6 Å². The average molecular weight is 296 g/mol. The molecule has 0 bridgehead atoms. The van der Waals surface area contributed by atoms with Gasteiger partial charge in [0.15, 0.2) is 0 Å². The molecule has 21 heavy (non-hydrogen) atoms. The number of carboxylic acid groups (broad SMARTS) is 1. The van der Waals surface area contributed by atoms with E-state index in [1.807, 2.05) is 0 Å². The minimum Gasteiger partial charge on any atom is -0.478 e. The maximum Gasteiger partial charge on any atom is 0.337 e. The highest BCUT2D eigenvalue weighted by Crippen LogP contribution is 2.20. The normalized spacial score (nSPS) is 15.5. The fourth-order valence-electron chi connectivity index (χ4n) is 2.17. The Hall–Kier alpha value is -2.15. The monoisotopic (exact) mass is 296 g/mol. The van der Waals surface area contributed by atoms with Crippen molar-refractivity contribution in [3.8, 4) is 0 Å². The summed E-state index contributed by atoms with van der Waals surface area (Å²) in [5.74, 6) is -1.76. The van der Waals surface area contributed by atoms with Crippen LogP contribution in [0.5, 0.6) is 0 Å². The summed E-state index contributed by atoms with van der Waals surface area (Å²) in [6.07, 6.45) is 1.72. The Morgan fingerprint density at radius 1 is 1.33 bits per heavy atom. The Bertz CT molecular complexity index is 530. The molecule has 0 saturated carbocycles. The second-order valence-corrected chi connectivity index (χ2v) is 4.86. The van der Waals surface area contributed by atoms with Crippen molar-refractivity contribution in [2.45, 2.75) is 12.8 Å². The summed E-state index contributed by atoms with van der Waals surface area (Å²) in [5.41, 5.74) is -0.606. The van der Waals surface area contributed by atoms with Gasteiger partial charge in [-0.1, -0.05) is 6.07 Å². The minimum absolute atomic E-state index is 0.281. The van der Waals surface area contributed by atoms with Crippen LogP contribution in [0, 0.1) is 11.7 Å². The Morgan fingerprint density at radius 2 is 2.05 bits per heavy atom. The highest BCUT2D eigenvalue weighted by Gasteiger charge is 2.18. The standard InChI is InChI=1S/C14H17FN2O4/c15-11-3-1-2-10(13(18)19)12(11)17-14(20)16-8-9-4-6-21-7-5-9/h1-3,9H,4-8H2,(H,18,19)(H2,16,17,20). The van der Waals surface area contributed by atoms with Crippen LogP contribution >= 0.6 is 0 Å². The van der Waals surface area contributed by atoms with Crippen molar-refractivity contribution in [1.29, 1.82) is 0 Å². The van der Waals surface area contributed by atoms with Gasteiger partial charge in [-0.15, -0.1) is 0 Å². The van der Waals surface area contributed by atoms with Crippen molar-refractivity contribution >= 4 is 17.7 Å². The fraction of sp³-hybridized carbons (Fsp3) is 0.429. The summed E-state index contributed by atoms with van der Waals surface area (Å²) in [6.45, 7) is 1.79. The van der Waals surface area contributed by atoms with Gasteiger partial charge in [0.25, 0.3) is 0 Å². The van der Waals surface area contributed by atoms with E-state index in [4.69, 9.17) is 9.84 Å². The quantitative estimate of drug-likeness (QED) is 0.793. The molecule has 1 heterocycles. The molecule has 6 nitrogen and oxygen atoms in total. The number of hydrogen-bond donors (Lipinski definition) is 3. The molecule has 0 aromatic heterocycles. The lowest BCUT2D eigenvalue weighted by Crippen LogP contribution is -2.35. The van der Waals surface area contributed by atoms with Gasteiger partial charge in [0.1, 0.15) is 5.82 Å². The van der Waals surface area contributed by atoms with Crippen molar-refractivity contribution in [3.63, 3.8) is 0 Å². The van der Waals surface area contributed by atoms with Crippen LogP contribution in [-0.2, 0) is 4.74 Å². The summed E-state index contributed by atoms with van der Waals surface area (Å²) in [7, 11) is 0. The number of halogens is 1. The van der Waals surface area contributed by atoms with Gasteiger partial charge in [-0.25, -0.2) is 14.0 Å². The molecule has 0 aliphatic carbocycles. The number of carbonyl (C=O) groups is 2. The molecule has 1 aliphatic heterocycles. The molecule has 7 heteroatoms. The number of urea groups is 1. The molecule has 1 saturated heterocycles. The molecule has 1 aromatic carbocycles. The lowest BCUT2D eigenvalue weighted by Gasteiger charge is -2.22. The van der Waals surface area contributed by atoms with E-state index < -0.39 is 17.8 Å². The maximum absolute atomic E-state index is 13.6. The third-order valence-electron chi connectivity index (χ3n) is 3.37. The fourth-order valence-corrected chi connectivity index (χ4v) is 2.17. The average Bonchev–Trinajstić information content (AvgIpc) is 2.48. The number of hydrogen-bond acceptors (Lipinski definition) is 3. The number of carbonyl (C=O) groups excluding carboxylic acids is 1. The van der Waals surface area contributed by atoms with Crippen LogP contribution in [0.1, 0.15) is 23.2 Å². The predicted octanol–water partition coefficient (Wildman–Crippen LogP) is 2.07. The number of para-hydroxylation sites is 1. The zero-order chi connectivity index (χ0) is 15.2. The molecule has 3 N–H and O–H groups in total. The van der Waals surface area contributed by atoms with Crippen molar-refractivity contribution in [1.82, 2.24) is 5.32 Å². The molecule has 0 spiro atoms. The molecule has 0 atom stereocenters. The van der Waals surface area contributed by atoms with Gasteiger partial charge in [-0.2, -0.15) is 0 Å². The lowest BCUT2D eigenvalue weighted by molar-refractivity contribution is 0.0670. The molecule has 114 valence electrons. The Morgan fingerprint density at radius 3 is 2.71 bits per heavy atom. The molecular formula is C14H17FN2O4. The van der Waals surface area contributed by atoms with Gasteiger partial charge >= 0.3 is 12.0 Å². The highest BCUT2D eigenvalue weighted by molar-refractivity contribution is 6.00. The number of rotatable bonds is 4. The van der Waals surface area contributed by atoms with Crippen molar-refractivity contribution in [2.24, 2.45) is 5.92 Å². The van der Waals surface area contributed by atoms with E-state index in [0.717, 1.165) is 18.9 Å². The summed E-state index contributed by atoms with van der Waals surface area (Å²) in [4.78, 5) is 22.8. The van der Waals surface area contributed by atoms with Crippen molar-refractivity contribution in [3.05, 3.63) is 29.6 Å². The van der Waals surface area contributed by atoms with Crippen molar-refractivity contribution in [2.75, 3.05) is 25.1 Å². The molecule has 0 unspecified atom stereocenters. The zero-order valence-electron chi connectivity index (χ0n) is 11.4. The van der Waals surface area contributed by atoms with E-state index in [9.17, 15) is 14.0 Å². The van der Waals surface area contributed by atoms with E-state index in [1.165, 1.54) is 12.1 Å². The van der Waals surface area contributed by atoms with Crippen LogP contribution in [-0.4, -0.2) is 36.9 Å². The highest BCUT2D eigenvalue weighted by atomic mass is 19.1. The zero-order valence-corrected chi connectivity index (χ0v) is 11.4. The van der Waals surface area contributed by atoms with E-state index >= 15 is 0 Å². The van der Waals surface area contributed by atoms with Crippen LogP contribution in [0.2, 0.25) is 0 Å². The van der Waals surface area contributed by atoms with Gasteiger partial charge in [0, 0.05) is 19.8 Å². The summed E-state index contributed by atoms with van der Waals surface area (Å²) < 4.78 is 18.9. The van der Waals surface area contributed by atoms with Gasteiger partial charge in [-0.05, 0) is 30.9 Å². The van der Waals surface area contributed by atoms with Gasteiger partial charge in [0.2, 0.25) is 0 Å². The van der Waals surface area contributed by atoms with Crippen LogP contribution in [0.25, 0.3) is 0 Å². The first-order chi connectivity index (χ1) is 10.1. The van der Waals surface area contributed by atoms with Gasteiger partial charge in [-0.3, -0.25) is 0 Å². The van der Waals surface area contributed by atoms with Crippen molar-refractivity contribution < 1.29 is 23.8 Å². The summed E-state index contributed by atoms with van der Waals surface area (Å²) in [5, 5.41) is 13.9. The largest absolute Gasteiger partial charge is 0.478 e. The number of amides is 2. The minimum atomic E-state index is -1.30. The van der Waals surface area contributed by atoms with Gasteiger partial charge in [0.05, 0.1) is 11.3 Å². The summed E-state index contributed by atoms with van der Waals surface area (Å²) >= 11 is 0. The Kier molecular flexibility index (Phi) is 5.10. The third kappa shape index (κ3) is 4.16. The van der Waals surface area contributed by atoms with Crippen LogP contribution in [0.3, 0.4) is 0 Å². The lowest BCUT2D eigenvalue weighted by atomic mass is 10.0. The number of nitrogens with one attached hydrogen (secondary N) is 2. The van der Waals surface area contributed by atoms with Crippen LogP contribution in [0.15, 0.2) is 18.2 Å². The second kappa shape index (κ2) is 7.03. The van der Waals surface area contributed by atoms with E-state index in [-0.39, 0.29) is 11.3 Å². The molecule has 1 aromatic rings. The number of aromatic carboxylic acids is 1. The maximum atomic E-state index is 13.6. The topological polar surface area (TPSA) is 87.7 Å². The van der Waals surface area contributed by atoms with Crippen LogP contribution in [0.4, 0.5) is 14.9 Å². The second-order valence-electron chi connectivity index (χ2n) is 4.86. The van der Waals surface area contributed by atoms with E-state index in [2.05, 4.69) is 10.6 Å². The Labute approximate surface area is 121 Å². The van der Waals surface area contributed by atoms with Gasteiger partial charge < -0.3 is 20.5 Å². The number of carboxylic acids is 1. The number of anilines is 1. The third-order valence-corrected chi connectivity index (χ3v) is 3.37. The Balaban J connectivity index is 1.94. The SMILES string of the molecule is O=C(NCC1CCOCC1)Nc1c(F)cccc1C(=O)O. The predicted molar refractivity (Wildman–Crippen MR) is 73.9 cm³/mol. The first-order valence-corrected chi connectivity index (χ1v) is 6.72.